The van der Waals surface area contributed by atoms with Gasteiger partial charge in [-0.1, -0.05) is 18.2 Å². The number of nitrogens with zero attached hydrogens (tertiary/aromatic N) is 2. The first kappa shape index (κ1) is 18.2. The van der Waals surface area contributed by atoms with Gasteiger partial charge in [-0.3, -0.25) is 0 Å². The standard InChI is InChI=1S/C22H26N4S/c23-14-17-3-1-2-4-18(17)15-25-20-5-6-22-19(13-20)16-27-12-11-26(22)21-7-9-24-10-8-21/h1-6,13,21,24-25H,7-12,15-16H2. The molecule has 4 rings (SSSR count). The fraction of sp³-hybridized carbons (Fsp3) is 0.409. The average molecular weight is 379 g/mol. The summed E-state index contributed by atoms with van der Waals surface area (Å²) in [7, 11) is 0. The van der Waals surface area contributed by atoms with Gasteiger partial charge in [0.15, 0.2) is 0 Å². The second kappa shape index (κ2) is 8.69. The van der Waals surface area contributed by atoms with Crippen molar-refractivity contribution < 1.29 is 0 Å². The van der Waals surface area contributed by atoms with Crippen LogP contribution in [0.15, 0.2) is 42.5 Å². The summed E-state index contributed by atoms with van der Waals surface area (Å²) in [5.74, 6) is 2.26. The van der Waals surface area contributed by atoms with E-state index in [0.29, 0.717) is 12.6 Å². The maximum atomic E-state index is 9.27. The summed E-state index contributed by atoms with van der Waals surface area (Å²) in [6, 6.07) is 17.5. The number of hydrogen-bond acceptors (Lipinski definition) is 5. The first-order chi connectivity index (χ1) is 13.3. The molecule has 2 aromatic carbocycles. The molecule has 0 saturated carbocycles. The van der Waals surface area contributed by atoms with Crippen molar-refractivity contribution >= 4 is 23.1 Å². The van der Waals surface area contributed by atoms with Crippen molar-refractivity contribution in [3.8, 4) is 6.07 Å². The third-order valence-corrected chi connectivity index (χ3v) is 6.48. The molecule has 2 N–H and O–H groups in total. The van der Waals surface area contributed by atoms with E-state index in [1.165, 1.54) is 29.8 Å². The highest BCUT2D eigenvalue weighted by atomic mass is 32.2. The molecule has 0 bridgehead atoms. The van der Waals surface area contributed by atoms with Crippen LogP contribution in [0.5, 0.6) is 0 Å². The zero-order valence-corrected chi connectivity index (χ0v) is 16.4. The van der Waals surface area contributed by atoms with E-state index >= 15 is 0 Å². The lowest BCUT2D eigenvalue weighted by Gasteiger charge is -2.36. The minimum Gasteiger partial charge on any atom is -0.381 e. The first-order valence-corrected chi connectivity index (χ1v) is 10.9. The minimum atomic E-state index is 0.657. The predicted molar refractivity (Wildman–Crippen MR) is 114 cm³/mol. The Morgan fingerprint density at radius 3 is 2.89 bits per heavy atom. The van der Waals surface area contributed by atoms with Crippen LogP contribution in [0.3, 0.4) is 0 Å². The fourth-order valence-corrected chi connectivity index (χ4v) is 4.96. The number of fused-ring (bicyclic) bond motifs is 1. The van der Waals surface area contributed by atoms with Crippen LogP contribution in [0, 0.1) is 11.3 Å². The van der Waals surface area contributed by atoms with E-state index in [1.54, 1.807) is 0 Å². The lowest BCUT2D eigenvalue weighted by atomic mass is 10.0. The van der Waals surface area contributed by atoms with E-state index in [-0.39, 0.29) is 0 Å². The number of nitrogens with one attached hydrogen (secondary N) is 2. The molecule has 27 heavy (non-hydrogen) atoms. The smallest absolute Gasteiger partial charge is 0.0995 e. The molecule has 0 aromatic heterocycles. The molecule has 5 heteroatoms. The molecule has 2 aliphatic heterocycles. The van der Waals surface area contributed by atoms with Crippen molar-refractivity contribution in [2.75, 3.05) is 35.6 Å². The van der Waals surface area contributed by atoms with Crippen LogP contribution < -0.4 is 15.5 Å². The fourth-order valence-electron chi connectivity index (χ4n) is 4.04. The highest BCUT2D eigenvalue weighted by molar-refractivity contribution is 7.98. The van der Waals surface area contributed by atoms with E-state index < -0.39 is 0 Å². The quantitative estimate of drug-likeness (QED) is 0.843. The van der Waals surface area contributed by atoms with Crippen LogP contribution in [0.4, 0.5) is 11.4 Å². The van der Waals surface area contributed by atoms with E-state index in [9.17, 15) is 5.26 Å². The van der Waals surface area contributed by atoms with Crippen LogP contribution in [0.2, 0.25) is 0 Å². The molecule has 0 amide bonds. The molecule has 2 aliphatic rings. The highest BCUT2D eigenvalue weighted by Gasteiger charge is 2.24. The van der Waals surface area contributed by atoms with Gasteiger partial charge in [0, 0.05) is 42.0 Å². The molecule has 0 aliphatic carbocycles. The molecular weight excluding hydrogens is 352 g/mol. The zero-order valence-electron chi connectivity index (χ0n) is 15.6. The van der Waals surface area contributed by atoms with Gasteiger partial charge in [0.25, 0.3) is 0 Å². The Labute approximate surface area is 166 Å². The lowest BCUT2D eigenvalue weighted by Crippen LogP contribution is -2.44. The molecule has 0 atom stereocenters. The summed E-state index contributed by atoms with van der Waals surface area (Å²) in [5, 5.41) is 16.3. The average Bonchev–Trinajstić information content (AvgIpc) is 2.95. The Morgan fingerprint density at radius 2 is 2.04 bits per heavy atom. The Morgan fingerprint density at radius 1 is 1.19 bits per heavy atom. The van der Waals surface area contributed by atoms with Gasteiger partial charge in [-0.05, 0) is 61.3 Å². The van der Waals surface area contributed by atoms with Crippen molar-refractivity contribution in [1.82, 2.24) is 5.32 Å². The molecule has 0 unspecified atom stereocenters. The Balaban J connectivity index is 1.52. The Bertz CT molecular complexity index is 823. The Kier molecular flexibility index (Phi) is 5.86. The summed E-state index contributed by atoms with van der Waals surface area (Å²) in [6.07, 6.45) is 2.46. The van der Waals surface area contributed by atoms with E-state index in [1.807, 2.05) is 36.0 Å². The number of piperidine rings is 1. The van der Waals surface area contributed by atoms with Gasteiger partial charge in [-0.25, -0.2) is 0 Å². The van der Waals surface area contributed by atoms with Gasteiger partial charge in [0.1, 0.15) is 0 Å². The van der Waals surface area contributed by atoms with Gasteiger partial charge in [-0.15, -0.1) is 0 Å². The predicted octanol–water partition coefficient (Wildman–Crippen LogP) is 3.98. The third-order valence-electron chi connectivity index (χ3n) is 5.49. The van der Waals surface area contributed by atoms with E-state index in [0.717, 1.165) is 42.2 Å². The number of hydrogen-bond donors (Lipinski definition) is 2. The largest absolute Gasteiger partial charge is 0.381 e. The summed E-state index contributed by atoms with van der Waals surface area (Å²) >= 11 is 2.03. The maximum Gasteiger partial charge on any atom is 0.0995 e. The summed E-state index contributed by atoms with van der Waals surface area (Å²) < 4.78 is 0. The molecule has 140 valence electrons. The van der Waals surface area contributed by atoms with Gasteiger partial charge in [0.05, 0.1) is 11.6 Å². The maximum absolute atomic E-state index is 9.27. The molecular formula is C22H26N4S. The molecule has 4 nitrogen and oxygen atoms in total. The lowest BCUT2D eigenvalue weighted by molar-refractivity contribution is 0.434. The van der Waals surface area contributed by atoms with Crippen LogP contribution in [-0.4, -0.2) is 31.4 Å². The van der Waals surface area contributed by atoms with Crippen LogP contribution >= 0.6 is 11.8 Å². The van der Waals surface area contributed by atoms with Crippen molar-refractivity contribution in [2.24, 2.45) is 0 Å². The van der Waals surface area contributed by atoms with Crippen LogP contribution in [0.1, 0.15) is 29.5 Å². The summed E-state index contributed by atoms with van der Waals surface area (Å²) in [4.78, 5) is 2.64. The monoisotopic (exact) mass is 378 g/mol. The summed E-state index contributed by atoms with van der Waals surface area (Å²) in [5.41, 5.74) is 5.76. The van der Waals surface area contributed by atoms with Crippen LogP contribution in [0.25, 0.3) is 0 Å². The van der Waals surface area contributed by atoms with Crippen LogP contribution in [-0.2, 0) is 12.3 Å². The molecule has 0 spiro atoms. The zero-order chi connectivity index (χ0) is 18.5. The first-order valence-electron chi connectivity index (χ1n) is 9.75. The topological polar surface area (TPSA) is 51.1 Å². The molecule has 2 aromatic rings. The van der Waals surface area contributed by atoms with Gasteiger partial charge in [-0.2, -0.15) is 17.0 Å². The van der Waals surface area contributed by atoms with Gasteiger partial charge >= 0.3 is 0 Å². The highest BCUT2D eigenvalue weighted by Crippen LogP contribution is 2.34. The molecule has 2 heterocycles. The van der Waals surface area contributed by atoms with Crippen molar-refractivity contribution in [3.05, 3.63) is 59.2 Å². The third kappa shape index (κ3) is 4.23. The van der Waals surface area contributed by atoms with Crippen molar-refractivity contribution in [2.45, 2.75) is 31.2 Å². The van der Waals surface area contributed by atoms with E-state index in [2.05, 4.69) is 39.8 Å². The number of thioether (sulfide) groups is 1. The second-order valence-electron chi connectivity index (χ2n) is 7.19. The number of nitriles is 1. The minimum absolute atomic E-state index is 0.657. The number of rotatable bonds is 4. The number of benzene rings is 2. The van der Waals surface area contributed by atoms with Gasteiger partial charge < -0.3 is 15.5 Å². The second-order valence-corrected chi connectivity index (χ2v) is 8.30. The van der Waals surface area contributed by atoms with E-state index in [4.69, 9.17) is 0 Å². The van der Waals surface area contributed by atoms with Crippen molar-refractivity contribution in [3.63, 3.8) is 0 Å². The SMILES string of the molecule is N#Cc1ccccc1CNc1ccc2c(c1)CSCCN2C1CCNCC1. The Hall–Kier alpha value is -2.16. The normalized spacial score (nSPS) is 17.7. The van der Waals surface area contributed by atoms with Gasteiger partial charge in [0.2, 0.25) is 0 Å². The molecule has 1 saturated heterocycles. The van der Waals surface area contributed by atoms with Crippen molar-refractivity contribution in [1.29, 1.82) is 5.26 Å². The molecule has 0 radical (unpaired) electrons. The number of anilines is 2. The molecule has 1 fully saturated rings. The summed E-state index contributed by atoms with van der Waals surface area (Å²) in [6.45, 7) is 4.07.